The van der Waals surface area contributed by atoms with Crippen LogP contribution in [0.5, 0.6) is 5.75 Å². The zero-order valence-electron chi connectivity index (χ0n) is 14.4. The van der Waals surface area contributed by atoms with Crippen LogP contribution in [0.3, 0.4) is 0 Å². The van der Waals surface area contributed by atoms with Gasteiger partial charge in [0.15, 0.2) is 0 Å². The average Bonchev–Trinajstić information content (AvgIpc) is 3.07. The number of halogens is 3. The van der Waals surface area contributed by atoms with Gasteiger partial charge in [0.2, 0.25) is 0 Å². The summed E-state index contributed by atoms with van der Waals surface area (Å²) in [6.07, 6.45) is 1.56. The number of hydrogen-bond acceptors (Lipinski definition) is 4. The summed E-state index contributed by atoms with van der Waals surface area (Å²) >= 11 is 7.65. The Bertz CT molecular complexity index is 793. The quantitative estimate of drug-likeness (QED) is 0.669. The van der Waals surface area contributed by atoms with Gasteiger partial charge in [-0.1, -0.05) is 35.5 Å². The van der Waals surface area contributed by atoms with Crippen molar-refractivity contribution in [3.05, 3.63) is 53.3 Å². The third-order valence-corrected chi connectivity index (χ3v) is 5.77. The first-order valence-corrected chi connectivity index (χ1v) is 9.55. The van der Waals surface area contributed by atoms with E-state index in [0.29, 0.717) is 30.3 Å². The topological polar surface area (TPSA) is 49.8 Å². The Hall–Kier alpha value is -1.47. The SMILES string of the molecule is Cl.O=C(O)[C@@H]1CCCN1CCOc1cccc(Cl)c1Sc1cccc(F)c1. The highest BCUT2D eigenvalue weighted by Crippen LogP contribution is 2.40. The molecule has 1 heterocycles. The first-order valence-electron chi connectivity index (χ1n) is 8.36. The Morgan fingerprint density at radius 2 is 2.11 bits per heavy atom. The lowest BCUT2D eigenvalue weighted by Crippen LogP contribution is -2.38. The lowest BCUT2D eigenvalue weighted by atomic mass is 10.2. The second kappa shape index (κ2) is 10.2. The van der Waals surface area contributed by atoms with Gasteiger partial charge in [-0.25, -0.2) is 4.39 Å². The minimum absolute atomic E-state index is 0. The highest BCUT2D eigenvalue weighted by molar-refractivity contribution is 7.99. The van der Waals surface area contributed by atoms with E-state index in [0.717, 1.165) is 22.8 Å². The molecule has 0 unspecified atom stereocenters. The van der Waals surface area contributed by atoms with Crippen LogP contribution in [0, 0.1) is 5.82 Å². The molecule has 1 atom stereocenters. The zero-order valence-corrected chi connectivity index (χ0v) is 16.8. The molecule has 0 spiro atoms. The lowest BCUT2D eigenvalue weighted by Gasteiger charge is -2.21. The van der Waals surface area contributed by atoms with Crippen molar-refractivity contribution in [1.29, 1.82) is 0 Å². The standard InChI is InChI=1S/C19H19ClFNO3S.ClH/c20-15-6-2-8-17(18(15)26-14-5-1-4-13(21)12-14)25-11-10-22-9-3-7-16(22)19(23)24;/h1-2,4-6,8,12,16H,3,7,9-11H2,(H,23,24);1H/t16-;/m0./s1. The predicted octanol–water partition coefficient (Wildman–Crippen LogP) is 4.98. The third-order valence-electron chi connectivity index (χ3n) is 4.23. The van der Waals surface area contributed by atoms with Crippen LogP contribution in [-0.2, 0) is 4.79 Å². The first kappa shape index (κ1) is 21.8. The summed E-state index contributed by atoms with van der Waals surface area (Å²) in [7, 11) is 0. The van der Waals surface area contributed by atoms with Gasteiger partial charge >= 0.3 is 5.97 Å². The number of benzene rings is 2. The molecule has 146 valence electrons. The van der Waals surface area contributed by atoms with Crippen LogP contribution in [0.25, 0.3) is 0 Å². The van der Waals surface area contributed by atoms with Crippen molar-refractivity contribution >= 4 is 41.7 Å². The number of likely N-dealkylation sites (tertiary alicyclic amines) is 1. The molecule has 0 aromatic heterocycles. The Morgan fingerprint density at radius 1 is 1.33 bits per heavy atom. The first-order chi connectivity index (χ1) is 12.5. The minimum Gasteiger partial charge on any atom is -0.491 e. The maximum Gasteiger partial charge on any atom is 0.320 e. The van der Waals surface area contributed by atoms with Gasteiger partial charge < -0.3 is 9.84 Å². The summed E-state index contributed by atoms with van der Waals surface area (Å²) in [5, 5.41) is 9.76. The summed E-state index contributed by atoms with van der Waals surface area (Å²) in [5.41, 5.74) is 0. The molecule has 2 aromatic rings. The molecule has 0 saturated carbocycles. The molecule has 0 amide bonds. The van der Waals surface area contributed by atoms with E-state index in [4.69, 9.17) is 16.3 Å². The van der Waals surface area contributed by atoms with E-state index in [-0.39, 0.29) is 18.2 Å². The number of carbonyl (C=O) groups is 1. The largest absolute Gasteiger partial charge is 0.491 e. The molecule has 4 nitrogen and oxygen atoms in total. The predicted molar refractivity (Wildman–Crippen MR) is 107 cm³/mol. The molecule has 0 aliphatic carbocycles. The normalized spacial score (nSPS) is 16.7. The van der Waals surface area contributed by atoms with Gasteiger partial charge in [0.25, 0.3) is 0 Å². The number of carboxylic acids is 1. The van der Waals surface area contributed by atoms with Gasteiger partial charge in [0, 0.05) is 11.4 Å². The van der Waals surface area contributed by atoms with E-state index < -0.39 is 12.0 Å². The van der Waals surface area contributed by atoms with Crippen LogP contribution in [0.2, 0.25) is 5.02 Å². The molecule has 1 fully saturated rings. The van der Waals surface area contributed by atoms with Crippen molar-refractivity contribution in [3.63, 3.8) is 0 Å². The van der Waals surface area contributed by atoms with Gasteiger partial charge in [0.05, 0.1) is 9.92 Å². The van der Waals surface area contributed by atoms with E-state index in [9.17, 15) is 14.3 Å². The van der Waals surface area contributed by atoms with Crippen molar-refractivity contribution in [2.75, 3.05) is 19.7 Å². The fourth-order valence-electron chi connectivity index (χ4n) is 3.00. The fourth-order valence-corrected chi connectivity index (χ4v) is 4.22. The molecule has 1 N–H and O–H groups in total. The molecule has 8 heteroatoms. The Balaban J connectivity index is 0.00000261. The van der Waals surface area contributed by atoms with Crippen molar-refractivity contribution in [2.45, 2.75) is 28.7 Å². The van der Waals surface area contributed by atoms with E-state index in [1.165, 1.54) is 23.9 Å². The van der Waals surface area contributed by atoms with Crippen molar-refractivity contribution in [1.82, 2.24) is 4.90 Å². The number of rotatable bonds is 7. The molecule has 2 aromatic carbocycles. The van der Waals surface area contributed by atoms with Gasteiger partial charge in [-0.2, -0.15) is 0 Å². The van der Waals surface area contributed by atoms with Crippen LogP contribution in [-0.4, -0.2) is 41.7 Å². The smallest absolute Gasteiger partial charge is 0.320 e. The second-order valence-corrected chi connectivity index (χ2v) is 7.50. The molecule has 1 saturated heterocycles. The molecule has 27 heavy (non-hydrogen) atoms. The summed E-state index contributed by atoms with van der Waals surface area (Å²) < 4.78 is 19.3. The minimum atomic E-state index is -0.785. The maximum atomic E-state index is 13.4. The van der Waals surface area contributed by atoms with Crippen molar-refractivity contribution in [2.24, 2.45) is 0 Å². The van der Waals surface area contributed by atoms with E-state index in [1.807, 2.05) is 17.0 Å². The molecule has 3 rings (SSSR count). The number of ether oxygens (including phenoxy) is 1. The van der Waals surface area contributed by atoms with Crippen LogP contribution in [0.1, 0.15) is 12.8 Å². The van der Waals surface area contributed by atoms with Crippen molar-refractivity contribution in [3.8, 4) is 5.75 Å². The number of aliphatic carboxylic acids is 1. The summed E-state index contributed by atoms with van der Waals surface area (Å²) in [6, 6.07) is 11.2. The fraction of sp³-hybridized carbons (Fsp3) is 0.316. The Labute approximate surface area is 173 Å². The molecule has 0 bridgehead atoms. The summed E-state index contributed by atoms with van der Waals surface area (Å²) in [5.74, 6) is -0.483. The van der Waals surface area contributed by atoms with E-state index >= 15 is 0 Å². The number of carboxylic acid groups (broad SMARTS) is 1. The highest BCUT2D eigenvalue weighted by Gasteiger charge is 2.30. The zero-order chi connectivity index (χ0) is 18.5. The van der Waals surface area contributed by atoms with Crippen LogP contribution in [0.15, 0.2) is 52.3 Å². The molecule has 1 aliphatic heterocycles. The molecule has 0 radical (unpaired) electrons. The Kier molecular flexibility index (Phi) is 8.23. The summed E-state index contributed by atoms with van der Waals surface area (Å²) in [6.45, 7) is 1.66. The van der Waals surface area contributed by atoms with Crippen LogP contribution < -0.4 is 4.74 Å². The van der Waals surface area contributed by atoms with Crippen LogP contribution >= 0.6 is 35.8 Å². The van der Waals surface area contributed by atoms with Gasteiger partial charge in [0.1, 0.15) is 24.2 Å². The highest BCUT2D eigenvalue weighted by atomic mass is 35.5. The Morgan fingerprint density at radius 3 is 2.85 bits per heavy atom. The van der Waals surface area contributed by atoms with Gasteiger partial charge in [-0.05, 0) is 49.7 Å². The van der Waals surface area contributed by atoms with Crippen LogP contribution in [0.4, 0.5) is 4.39 Å². The second-order valence-electron chi connectivity index (χ2n) is 6.01. The van der Waals surface area contributed by atoms with Crippen molar-refractivity contribution < 1.29 is 19.0 Å². The van der Waals surface area contributed by atoms with Gasteiger partial charge in [-0.3, -0.25) is 9.69 Å². The number of nitrogens with zero attached hydrogens (tertiary/aromatic N) is 1. The van der Waals surface area contributed by atoms with E-state index in [1.54, 1.807) is 18.2 Å². The lowest BCUT2D eigenvalue weighted by molar-refractivity contribution is -0.142. The number of hydrogen-bond donors (Lipinski definition) is 1. The molecule has 1 aliphatic rings. The third kappa shape index (κ3) is 5.75. The average molecular weight is 432 g/mol. The molecular weight excluding hydrogens is 412 g/mol. The van der Waals surface area contributed by atoms with E-state index in [2.05, 4.69) is 0 Å². The maximum absolute atomic E-state index is 13.4. The monoisotopic (exact) mass is 431 g/mol. The summed E-state index contributed by atoms with van der Waals surface area (Å²) in [4.78, 5) is 14.6. The molecular formula is C19H20Cl2FNO3S. The van der Waals surface area contributed by atoms with Gasteiger partial charge in [-0.15, -0.1) is 12.4 Å².